The van der Waals surface area contributed by atoms with Gasteiger partial charge in [0, 0.05) is 49.5 Å². The Kier molecular flexibility index (Phi) is 6.80. The Labute approximate surface area is 190 Å². The Morgan fingerprint density at radius 2 is 1.84 bits per heavy atom. The van der Waals surface area contributed by atoms with Crippen molar-refractivity contribution >= 4 is 34.6 Å². The van der Waals surface area contributed by atoms with E-state index in [-0.39, 0.29) is 0 Å². The third-order valence-corrected chi connectivity index (χ3v) is 5.80. The Bertz CT molecular complexity index is 1070. The number of nitrogens with zero attached hydrogens (tertiary/aromatic N) is 4. The predicted octanol–water partition coefficient (Wildman–Crippen LogP) is 4.38. The monoisotopic (exact) mass is 461 g/mol. The van der Waals surface area contributed by atoms with Gasteiger partial charge in [0.05, 0.1) is 18.4 Å². The molecule has 3 aromatic rings. The lowest BCUT2D eigenvalue weighted by atomic mass is 10.2. The minimum atomic E-state index is -0.808. The average Bonchev–Trinajstić information content (AvgIpc) is 3.18. The first-order valence-corrected chi connectivity index (χ1v) is 10.7. The van der Waals surface area contributed by atoms with Gasteiger partial charge in [-0.3, -0.25) is 9.58 Å². The fourth-order valence-electron chi connectivity index (χ4n) is 3.56. The number of anilines is 1. The summed E-state index contributed by atoms with van der Waals surface area (Å²) in [4.78, 5) is 4.17. The molecule has 1 saturated heterocycles. The zero-order chi connectivity index (χ0) is 21.8. The molecule has 0 unspecified atom stereocenters. The summed E-state index contributed by atoms with van der Waals surface area (Å²) in [6.45, 7) is 3.84. The van der Waals surface area contributed by atoms with Gasteiger partial charge in [-0.1, -0.05) is 35.9 Å². The van der Waals surface area contributed by atoms with Gasteiger partial charge < -0.3 is 10.2 Å². The molecule has 31 heavy (non-hydrogen) atoms. The first kappa shape index (κ1) is 21.7. The zero-order valence-electron chi connectivity index (χ0n) is 16.8. The van der Waals surface area contributed by atoms with E-state index in [0.717, 1.165) is 17.3 Å². The largest absolute Gasteiger partial charge is 0.346 e. The summed E-state index contributed by atoms with van der Waals surface area (Å²) in [6.07, 6.45) is 3.63. The Morgan fingerprint density at radius 1 is 1.06 bits per heavy atom. The van der Waals surface area contributed by atoms with E-state index in [1.807, 2.05) is 35.1 Å². The van der Waals surface area contributed by atoms with Crippen molar-refractivity contribution in [3.8, 4) is 0 Å². The van der Waals surface area contributed by atoms with Crippen LogP contribution in [0.1, 0.15) is 11.1 Å². The summed E-state index contributed by atoms with van der Waals surface area (Å²) in [5, 5.41) is 8.92. The highest BCUT2D eigenvalue weighted by Crippen LogP contribution is 2.16. The Hall–Kier alpha value is -2.55. The van der Waals surface area contributed by atoms with E-state index in [1.54, 1.807) is 12.3 Å². The molecule has 4 rings (SSSR count). The van der Waals surface area contributed by atoms with Crippen LogP contribution in [-0.4, -0.2) is 50.9 Å². The number of benzene rings is 2. The summed E-state index contributed by atoms with van der Waals surface area (Å²) >= 11 is 11.6. The molecule has 2 heterocycles. The maximum absolute atomic E-state index is 13.9. The van der Waals surface area contributed by atoms with E-state index in [1.165, 1.54) is 6.07 Å². The quantitative estimate of drug-likeness (QED) is 0.571. The number of rotatable bonds is 5. The van der Waals surface area contributed by atoms with Crippen LogP contribution in [0.15, 0.2) is 54.9 Å². The van der Waals surface area contributed by atoms with Crippen molar-refractivity contribution in [1.29, 1.82) is 0 Å². The van der Waals surface area contributed by atoms with Gasteiger partial charge in [0.1, 0.15) is 0 Å². The van der Waals surface area contributed by atoms with E-state index in [4.69, 9.17) is 23.8 Å². The highest BCUT2D eigenvalue weighted by atomic mass is 35.5. The molecule has 162 valence electrons. The van der Waals surface area contributed by atoms with Crippen molar-refractivity contribution in [1.82, 2.24) is 19.6 Å². The third-order valence-electron chi connectivity index (χ3n) is 5.20. The highest BCUT2D eigenvalue weighted by Gasteiger charge is 2.21. The normalized spacial score (nSPS) is 14.6. The van der Waals surface area contributed by atoms with Crippen LogP contribution in [0.5, 0.6) is 0 Å². The fraction of sp³-hybridized carbons (Fsp3) is 0.273. The van der Waals surface area contributed by atoms with Crippen LogP contribution in [0, 0.1) is 11.6 Å². The number of hydrogen-bond donors (Lipinski definition) is 1. The van der Waals surface area contributed by atoms with E-state index in [9.17, 15) is 8.78 Å². The predicted molar refractivity (Wildman–Crippen MR) is 122 cm³/mol. The minimum Gasteiger partial charge on any atom is -0.346 e. The lowest BCUT2D eigenvalue weighted by molar-refractivity contribution is 0.175. The molecule has 1 N–H and O–H groups in total. The molecule has 0 atom stereocenters. The first-order chi connectivity index (χ1) is 15.0. The first-order valence-electron chi connectivity index (χ1n) is 9.96. The lowest BCUT2D eigenvalue weighted by Crippen LogP contribution is -2.49. The molecular formula is C22H22ClF2N5S. The number of halogens is 3. The van der Waals surface area contributed by atoms with Crippen LogP contribution in [-0.2, 0) is 13.1 Å². The van der Waals surface area contributed by atoms with Crippen molar-refractivity contribution in [3.05, 3.63) is 82.6 Å². The van der Waals surface area contributed by atoms with Gasteiger partial charge in [-0.2, -0.15) is 5.10 Å². The maximum atomic E-state index is 13.9. The van der Waals surface area contributed by atoms with Crippen LogP contribution in [0.3, 0.4) is 0 Å². The second kappa shape index (κ2) is 9.72. The van der Waals surface area contributed by atoms with Crippen molar-refractivity contribution in [2.75, 3.05) is 31.5 Å². The van der Waals surface area contributed by atoms with E-state index < -0.39 is 11.6 Å². The number of thiocarbonyl (C=S) groups is 1. The summed E-state index contributed by atoms with van der Waals surface area (Å²) in [7, 11) is 0. The molecular weight excluding hydrogens is 440 g/mol. The summed E-state index contributed by atoms with van der Waals surface area (Å²) in [5.41, 5.74) is 2.26. The molecule has 5 nitrogen and oxygen atoms in total. The zero-order valence-corrected chi connectivity index (χ0v) is 18.3. The molecule has 0 spiro atoms. The van der Waals surface area contributed by atoms with Crippen LogP contribution in [0.2, 0.25) is 5.02 Å². The molecule has 9 heteroatoms. The molecule has 0 radical (unpaired) electrons. The highest BCUT2D eigenvalue weighted by molar-refractivity contribution is 7.80. The topological polar surface area (TPSA) is 36.3 Å². The molecule has 1 fully saturated rings. The SMILES string of the molecule is Fc1cccc(CN2CCN(C(=S)Nc3cnn(Cc4cccc(Cl)c4)c3)CC2)c1F. The van der Waals surface area contributed by atoms with Gasteiger partial charge in [0.25, 0.3) is 0 Å². The van der Waals surface area contributed by atoms with E-state index >= 15 is 0 Å². The lowest BCUT2D eigenvalue weighted by Gasteiger charge is -2.36. The number of hydrogen-bond acceptors (Lipinski definition) is 3. The van der Waals surface area contributed by atoms with Gasteiger partial charge in [-0.25, -0.2) is 8.78 Å². The Balaban J connectivity index is 1.27. The van der Waals surface area contributed by atoms with Gasteiger partial charge in [0.2, 0.25) is 0 Å². The average molecular weight is 462 g/mol. The molecule has 0 aliphatic carbocycles. The van der Waals surface area contributed by atoms with Crippen LogP contribution in [0.25, 0.3) is 0 Å². The standard InChI is InChI=1S/C22H22ClF2N5S/c23-18-5-1-3-16(11-18)13-30-15-19(12-26-30)27-22(31)29-9-7-28(8-10-29)14-17-4-2-6-20(24)21(17)25/h1-6,11-12,15H,7-10,13-14H2,(H,27,31). The number of aromatic nitrogens is 2. The van der Waals surface area contributed by atoms with Crippen LogP contribution < -0.4 is 5.32 Å². The van der Waals surface area contributed by atoms with Crippen molar-refractivity contribution in [2.45, 2.75) is 13.1 Å². The van der Waals surface area contributed by atoms with Gasteiger partial charge in [0.15, 0.2) is 16.7 Å². The van der Waals surface area contributed by atoms with Gasteiger partial charge in [-0.15, -0.1) is 0 Å². The van der Waals surface area contributed by atoms with Crippen LogP contribution >= 0.6 is 23.8 Å². The van der Waals surface area contributed by atoms with Gasteiger partial charge >= 0.3 is 0 Å². The summed E-state index contributed by atoms with van der Waals surface area (Å²) < 4.78 is 29.1. The third kappa shape index (κ3) is 5.58. The van der Waals surface area contributed by atoms with Crippen molar-refractivity contribution in [2.24, 2.45) is 0 Å². The molecule has 0 bridgehead atoms. The van der Waals surface area contributed by atoms with Crippen molar-refractivity contribution < 1.29 is 8.78 Å². The number of nitrogens with one attached hydrogen (secondary N) is 1. The number of piperazine rings is 1. The fourth-order valence-corrected chi connectivity index (χ4v) is 4.07. The second-order valence-electron chi connectivity index (χ2n) is 7.46. The van der Waals surface area contributed by atoms with Crippen molar-refractivity contribution in [3.63, 3.8) is 0 Å². The molecule has 1 aliphatic heterocycles. The van der Waals surface area contributed by atoms with Crippen LogP contribution in [0.4, 0.5) is 14.5 Å². The molecule has 2 aromatic carbocycles. The molecule has 1 aliphatic rings. The minimum absolute atomic E-state index is 0.376. The smallest absolute Gasteiger partial charge is 0.173 e. The molecule has 0 amide bonds. The summed E-state index contributed by atoms with van der Waals surface area (Å²) in [5.74, 6) is -1.57. The van der Waals surface area contributed by atoms with E-state index in [0.29, 0.717) is 55.0 Å². The van der Waals surface area contributed by atoms with Gasteiger partial charge in [-0.05, 0) is 36.0 Å². The Morgan fingerprint density at radius 3 is 2.61 bits per heavy atom. The van der Waals surface area contributed by atoms with E-state index in [2.05, 4.69) is 20.2 Å². The molecule has 1 aromatic heterocycles. The maximum Gasteiger partial charge on any atom is 0.173 e. The summed E-state index contributed by atoms with van der Waals surface area (Å²) in [6, 6.07) is 12.0. The molecule has 0 saturated carbocycles. The second-order valence-corrected chi connectivity index (χ2v) is 8.29.